The van der Waals surface area contributed by atoms with Crippen LogP contribution in [0.2, 0.25) is 0 Å². The average molecular weight is 792 g/mol. The van der Waals surface area contributed by atoms with E-state index >= 15 is 0 Å². The van der Waals surface area contributed by atoms with Crippen LogP contribution in [0.3, 0.4) is 0 Å². The lowest BCUT2D eigenvalue weighted by Crippen LogP contribution is -2.64. The van der Waals surface area contributed by atoms with Crippen molar-refractivity contribution >= 4 is 23.4 Å². The molecular formula is C43H66FNO11. The zero-order valence-electron chi connectivity index (χ0n) is 34.8. The Balaban J connectivity index is 1.79. The molecule has 316 valence electrons. The van der Waals surface area contributed by atoms with Crippen LogP contribution in [0.25, 0.3) is 0 Å². The van der Waals surface area contributed by atoms with Crippen molar-refractivity contribution in [1.82, 2.24) is 4.90 Å². The molecule has 3 heterocycles. The summed E-state index contributed by atoms with van der Waals surface area (Å²) in [6.07, 6.45) is 3.12. The highest BCUT2D eigenvalue weighted by atomic mass is 19.1. The van der Waals surface area contributed by atoms with Gasteiger partial charge in [0.05, 0.1) is 24.4 Å². The monoisotopic (exact) mass is 791 g/mol. The second kappa shape index (κ2) is 20.2. The number of aliphatic hydroxyl groups excluding tert-OH is 1. The molecule has 0 aromatic carbocycles. The summed E-state index contributed by atoms with van der Waals surface area (Å²) in [6.45, 7) is 10.9. The van der Waals surface area contributed by atoms with Gasteiger partial charge in [-0.2, -0.15) is 0 Å². The number of hydrogen-bond donors (Lipinski definition) is 2. The summed E-state index contributed by atoms with van der Waals surface area (Å²) >= 11 is 0. The van der Waals surface area contributed by atoms with Crippen LogP contribution >= 0.6 is 0 Å². The number of hydrogen-bond acceptors (Lipinski definition) is 11. The molecule has 0 spiro atoms. The Hall–Kier alpha value is -2.81. The maximum absolute atomic E-state index is 14.5. The van der Waals surface area contributed by atoms with Crippen LogP contribution in [0.4, 0.5) is 4.39 Å². The van der Waals surface area contributed by atoms with E-state index in [0.717, 1.165) is 10.5 Å². The number of rotatable bonds is 6. The summed E-state index contributed by atoms with van der Waals surface area (Å²) in [5.74, 6) is -7.57. The Morgan fingerprint density at radius 3 is 2.29 bits per heavy atom. The first-order valence-electron chi connectivity index (χ1n) is 20.5. The zero-order chi connectivity index (χ0) is 41.5. The number of esters is 1. The molecular weight excluding hydrogens is 725 g/mol. The van der Waals surface area contributed by atoms with Gasteiger partial charge in [0.2, 0.25) is 5.79 Å². The van der Waals surface area contributed by atoms with Gasteiger partial charge < -0.3 is 38.8 Å². The van der Waals surface area contributed by atoms with Crippen LogP contribution in [-0.4, -0.2) is 121 Å². The minimum Gasteiger partial charge on any atom is -0.456 e. The number of cyclic esters (lactones) is 1. The Bertz CT molecular complexity index is 1500. The van der Waals surface area contributed by atoms with Gasteiger partial charge in [-0.05, 0) is 94.6 Å². The number of carbonyl (C=O) groups excluding carboxylic acids is 4. The first kappa shape index (κ1) is 45.9. The first-order chi connectivity index (χ1) is 26.5. The third-order valence-electron chi connectivity index (χ3n) is 12.5. The number of amides is 1. The standard InChI is InChI=1S/C43H66FNO11/c1-10-30-18-24(2)17-25(3)19-36(53-8)39-37(54-9)21-27(5)43(51,56-39)40(48)41(49)45-16-12-11-13-32(45)42(50)55-38(28(6)33(46)23-34(30)47)26(4)20-29-14-15-31(44)35(22-29)52-7/h17-18,20,25,27-29,31-33,35-39,46,51H,10-16,19,21-23H2,1-9H3/b24-17-,26-20+,30-18+/t25-,27+,28+,29-,31+,32-,33-,35+,36-,37-,38+,39+,43+/m0/s1. The normalized spacial score (nSPS) is 41.1. The van der Waals surface area contributed by atoms with E-state index in [0.29, 0.717) is 56.1 Å². The van der Waals surface area contributed by atoms with Crippen LogP contribution in [0.1, 0.15) is 106 Å². The van der Waals surface area contributed by atoms with Gasteiger partial charge >= 0.3 is 5.97 Å². The van der Waals surface area contributed by atoms with E-state index in [-0.39, 0.29) is 43.4 Å². The molecule has 1 saturated carbocycles. The minimum atomic E-state index is -2.52. The minimum absolute atomic E-state index is 0.0754. The molecule has 12 nitrogen and oxygen atoms in total. The summed E-state index contributed by atoms with van der Waals surface area (Å²) in [4.78, 5) is 57.5. The molecule has 1 amide bonds. The van der Waals surface area contributed by atoms with Crippen molar-refractivity contribution in [3.05, 3.63) is 34.9 Å². The van der Waals surface area contributed by atoms with Gasteiger partial charge in [-0.3, -0.25) is 14.4 Å². The number of carbonyl (C=O) groups is 4. The van der Waals surface area contributed by atoms with Crippen molar-refractivity contribution in [2.45, 2.75) is 160 Å². The third-order valence-corrected chi connectivity index (χ3v) is 12.5. The number of allylic oxidation sites excluding steroid dienone is 5. The number of ether oxygens (including phenoxy) is 5. The van der Waals surface area contributed by atoms with E-state index < -0.39 is 84.1 Å². The van der Waals surface area contributed by atoms with Crippen LogP contribution in [0.5, 0.6) is 0 Å². The molecule has 1 aliphatic carbocycles. The first-order valence-corrected chi connectivity index (χ1v) is 20.5. The zero-order valence-corrected chi connectivity index (χ0v) is 34.8. The van der Waals surface area contributed by atoms with Crippen LogP contribution in [0, 0.1) is 23.7 Å². The maximum Gasteiger partial charge on any atom is 0.329 e. The average Bonchev–Trinajstić information content (AvgIpc) is 3.18. The Labute approximate surface area is 332 Å². The van der Waals surface area contributed by atoms with Crippen molar-refractivity contribution in [3.63, 3.8) is 0 Å². The number of halogens is 1. The van der Waals surface area contributed by atoms with E-state index in [4.69, 9.17) is 23.7 Å². The highest BCUT2D eigenvalue weighted by Crippen LogP contribution is 2.39. The van der Waals surface area contributed by atoms with Crippen molar-refractivity contribution in [1.29, 1.82) is 0 Å². The number of Topliss-reactive ketones (excluding diaryl/α,β-unsaturated/α-hetero) is 2. The largest absolute Gasteiger partial charge is 0.456 e. The maximum atomic E-state index is 14.5. The molecule has 3 fully saturated rings. The SMILES string of the molecule is CC/C1=C\C(C)=C/[C@H](C)C[C@H](OC)[C@H]2O[C@@](O)(C(=O)C(=O)N3CCCC[C@H]3C(=O)O[C@H](/C(C)=C/[C@@H]3CC[C@@H](F)[C@H](OC)C3)[C@H](C)[C@@H](O)CC1=O)[C@H](C)C[C@@H]2OC. The van der Waals surface area contributed by atoms with Crippen LogP contribution < -0.4 is 0 Å². The number of nitrogens with zero attached hydrogens (tertiary/aromatic N) is 1. The highest BCUT2D eigenvalue weighted by molar-refractivity contribution is 6.39. The van der Waals surface area contributed by atoms with E-state index in [1.807, 2.05) is 39.0 Å². The van der Waals surface area contributed by atoms with Crippen LogP contribution in [-0.2, 0) is 42.9 Å². The fourth-order valence-electron chi connectivity index (χ4n) is 9.03. The summed E-state index contributed by atoms with van der Waals surface area (Å²) in [5.41, 5.74) is 1.97. The Kier molecular flexibility index (Phi) is 16.6. The second-order valence-corrected chi connectivity index (χ2v) is 16.6. The van der Waals surface area contributed by atoms with Gasteiger partial charge in [-0.25, -0.2) is 9.18 Å². The van der Waals surface area contributed by atoms with Gasteiger partial charge in [0.15, 0.2) is 5.78 Å². The van der Waals surface area contributed by atoms with Crippen molar-refractivity contribution in [2.24, 2.45) is 23.7 Å². The summed E-state index contributed by atoms with van der Waals surface area (Å²) in [6, 6.07) is -1.16. The molecule has 0 aromatic rings. The number of alkyl halides is 1. The smallest absolute Gasteiger partial charge is 0.329 e. The van der Waals surface area contributed by atoms with E-state index in [1.165, 1.54) is 21.3 Å². The molecule has 4 aliphatic rings. The lowest BCUT2D eigenvalue weighted by molar-refractivity contribution is -0.302. The van der Waals surface area contributed by atoms with Crippen molar-refractivity contribution in [3.8, 4) is 0 Å². The molecule has 56 heavy (non-hydrogen) atoms. The number of piperidine rings is 1. The lowest BCUT2D eigenvalue weighted by Gasteiger charge is -2.47. The molecule has 0 unspecified atom stereocenters. The molecule has 0 radical (unpaired) electrons. The Morgan fingerprint density at radius 1 is 0.982 bits per heavy atom. The molecule has 13 heteroatoms. The number of fused-ring (bicyclic) bond motifs is 3. The molecule has 13 atom stereocenters. The van der Waals surface area contributed by atoms with Gasteiger partial charge in [-0.1, -0.05) is 51.5 Å². The number of ketones is 2. The second-order valence-electron chi connectivity index (χ2n) is 16.6. The molecule has 4 rings (SSSR count). The fourth-order valence-corrected chi connectivity index (χ4v) is 9.03. The molecule has 2 saturated heterocycles. The Morgan fingerprint density at radius 2 is 1.64 bits per heavy atom. The summed E-state index contributed by atoms with van der Waals surface area (Å²) in [5, 5.41) is 23.6. The van der Waals surface area contributed by atoms with E-state index in [9.17, 15) is 33.8 Å². The predicted molar refractivity (Wildman–Crippen MR) is 207 cm³/mol. The number of methoxy groups -OCH3 is 3. The van der Waals surface area contributed by atoms with Gasteiger partial charge in [0.25, 0.3) is 11.7 Å². The fraction of sp³-hybridized carbons (Fsp3) is 0.767. The van der Waals surface area contributed by atoms with Gasteiger partial charge in [0, 0.05) is 46.1 Å². The molecule has 2 N–H and O–H groups in total. The van der Waals surface area contributed by atoms with Crippen molar-refractivity contribution in [2.75, 3.05) is 27.9 Å². The van der Waals surface area contributed by atoms with Crippen molar-refractivity contribution < 1.29 is 57.5 Å². The third kappa shape index (κ3) is 10.6. The number of aliphatic hydroxyl groups is 2. The molecule has 0 aromatic heterocycles. The van der Waals surface area contributed by atoms with E-state index in [2.05, 4.69) is 0 Å². The summed E-state index contributed by atoms with van der Waals surface area (Å²) in [7, 11) is 4.50. The van der Waals surface area contributed by atoms with Gasteiger partial charge in [0.1, 0.15) is 24.4 Å². The van der Waals surface area contributed by atoms with Gasteiger partial charge in [-0.15, -0.1) is 0 Å². The molecule has 2 bridgehead atoms. The highest BCUT2D eigenvalue weighted by Gasteiger charge is 2.56. The van der Waals surface area contributed by atoms with E-state index in [1.54, 1.807) is 20.8 Å². The predicted octanol–water partition coefficient (Wildman–Crippen LogP) is 5.37. The lowest BCUT2D eigenvalue weighted by atomic mass is 9.82. The molecule has 3 aliphatic heterocycles. The summed E-state index contributed by atoms with van der Waals surface area (Å²) < 4.78 is 44.0. The quantitative estimate of drug-likeness (QED) is 0.203. The topological polar surface area (TPSA) is 158 Å². The van der Waals surface area contributed by atoms with Crippen LogP contribution in [0.15, 0.2) is 34.9 Å².